The number of aliphatic hydroxyl groups excluding tert-OH is 1. The van der Waals surface area contributed by atoms with Gasteiger partial charge in [0.25, 0.3) is 0 Å². The van der Waals surface area contributed by atoms with Crippen molar-refractivity contribution in [1.29, 1.82) is 0 Å². The predicted octanol–water partition coefficient (Wildman–Crippen LogP) is 3.34. The summed E-state index contributed by atoms with van der Waals surface area (Å²) in [5.41, 5.74) is 1.27. The van der Waals surface area contributed by atoms with Crippen molar-refractivity contribution in [3.05, 3.63) is 71.3 Å². The first kappa shape index (κ1) is 24.7. The number of hydrogen-bond donors (Lipinski definition) is 2. The van der Waals surface area contributed by atoms with Crippen LogP contribution in [0.1, 0.15) is 43.4 Å². The van der Waals surface area contributed by atoms with Crippen LogP contribution in [-0.4, -0.2) is 60.0 Å². The second-order valence-corrected chi connectivity index (χ2v) is 9.20. The number of carbonyl (C=O) groups excluding carboxylic acids is 1. The third-order valence-electron chi connectivity index (χ3n) is 6.56. The predicted molar refractivity (Wildman–Crippen MR) is 123 cm³/mol. The van der Waals surface area contributed by atoms with Crippen LogP contribution in [0.5, 0.6) is 0 Å². The van der Waals surface area contributed by atoms with Crippen molar-refractivity contribution in [3.8, 4) is 0 Å². The van der Waals surface area contributed by atoms with Gasteiger partial charge in [0, 0.05) is 24.7 Å². The van der Waals surface area contributed by atoms with E-state index in [9.17, 15) is 18.7 Å². The lowest BCUT2D eigenvalue weighted by Gasteiger charge is -2.44. The highest BCUT2D eigenvalue weighted by molar-refractivity contribution is 5.77. The van der Waals surface area contributed by atoms with Crippen LogP contribution < -0.4 is 5.32 Å². The molecule has 8 heteroatoms. The van der Waals surface area contributed by atoms with Crippen LogP contribution in [0.4, 0.5) is 8.78 Å². The van der Waals surface area contributed by atoms with Gasteiger partial charge < -0.3 is 19.9 Å². The molecule has 6 nitrogen and oxygen atoms in total. The van der Waals surface area contributed by atoms with Crippen molar-refractivity contribution >= 4 is 5.91 Å². The van der Waals surface area contributed by atoms with E-state index in [4.69, 9.17) is 9.47 Å². The molecule has 0 spiro atoms. The smallest absolute Gasteiger partial charge is 0.223 e. The Labute approximate surface area is 198 Å². The Kier molecular flexibility index (Phi) is 8.26. The molecule has 2 fully saturated rings. The van der Waals surface area contributed by atoms with E-state index in [2.05, 4.69) is 5.32 Å². The third kappa shape index (κ3) is 6.39. The Balaban J connectivity index is 1.39. The van der Waals surface area contributed by atoms with E-state index >= 15 is 0 Å². The molecule has 184 valence electrons. The fourth-order valence-corrected chi connectivity index (χ4v) is 4.84. The molecular weight excluding hydrogens is 442 g/mol. The van der Waals surface area contributed by atoms with Gasteiger partial charge in [0.2, 0.25) is 5.91 Å². The summed E-state index contributed by atoms with van der Waals surface area (Å²) in [5.74, 6) is -1.06. The van der Waals surface area contributed by atoms with E-state index in [0.29, 0.717) is 12.8 Å². The van der Waals surface area contributed by atoms with E-state index < -0.39 is 17.7 Å². The van der Waals surface area contributed by atoms with E-state index in [1.807, 2.05) is 42.2 Å². The van der Waals surface area contributed by atoms with Crippen LogP contribution in [0.2, 0.25) is 0 Å². The number of aliphatic hydroxyl groups is 1. The number of ether oxygens (including phenoxy) is 2. The summed E-state index contributed by atoms with van der Waals surface area (Å²) in [6.07, 6.45) is 0.255. The number of hydrogen-bond acceptors (Lipinski definition) is 5. The van der Waals surface area contributed by atoms with Gasteiger partial charge >= 0.3 is 0 Å². The second kappa shape index (κ2) is 11.4. The zero-order valence-electron chi connectivity index (χ0n) is 19.3. The fraction of sp³-hybridized carbons (Fsp3) is 0.500. The molecule has 0 aromatic heterocycles. The lowest BCUT2D eigenvalue weighted by molar-refractivity contribution is -0.158. The van der Waals surface area contributed by atoms with Crippen molar-refractivity contribution in [2.24, 2.45) is 0 Å². The standard InChI is InChI=1S/C26H32F2N2O4/c1-17(18-5-3-2-4-6-18)29-26(32)12-22-8-10-24-25(34-22)16-33-15-21(31)14-30(24)13-19-11-20(27)7-9-23(19)28/h2-7,9,11,17,21-22,24-25,31H,8,10,12-16H2,1H3,(H,29,32)/t17-,21-,22+,24+,25-/m1/s1. The van der Waals surface area contributed by atoms with E-state index in [0.717, 1.165) is 17.7 Å². The molecule has 2 heterocycles. The van der Waals surface area contributed by atoms with Crippen LogP contribution in [0.25, 0.3) is 0 Å². The molecule has 2 aromatic rings. The molecule has 0 radical (unpaired) electrons. The summed E-state index contributed by atoms with van der Waals surface area (Å²) < 4.78 is 39.9. The monoisotopic (exact) mass is 474 g/mol. The third-order valence-corrected chi connectivity index (χ3v) is 6.56. The highest BCUT2D eigenvalue weighted by Gasteiger charge is 2.38. The maximum atomic E-state index is 14.3. The summed E-state index contributed by atoms with van der Waals surface area (Å²) in [7, 11) is 0. The molecule has 2 aliphatic rings. The molecule has 1 amide bonds. The highest BCUT2D eigenvalue weighted by atomic mass is 19.1. The molecule has 2 saturated heterocycles. The Hall–Kier alpha value is -2.39. The summed E-state index contributed by atoms with van der Waals surface area (Å²) in [5, 5.41) is 13.3. The van der Waals surface area contributed by atoms with Gasteiger partial charge in [-0.15, -0.1) is 0 Å². The Morgan fingerprint density at radius 2 is 1.97 bits per heavy atom. The average Bonchev–Trinajstić information content (AvgIpc) is 2.80. The van der Waals surface area contributed by atoms with Crippen LogP contribution in [0, 0.1) is 11.6 Å². The minimum atomic E-state index is -0.736. The molecule has 0 bridgehead atoms. The van der Waals surface area contributed by atoms with Crippen molar-refractivity contribution in [3.63, 3.8) is 0 Å². The Bertz CT molecular complexity index is 961. The van der Waals surface area contributed by atoms with Crippen LogP contribution in [-0.2, 0) is 20.8 Å². The largest absolute Gasteiger partial charge is 0.389 e. The molecule has 0 saturated carbocycles. The van der Waals surface area contributed by atoms with Gasteiger partial charge in [-0.05, 0) is 43.5 Å². The molecule has 0 aliphatic carbocycles. The minimum absolute atomic E-state index is 0.0827. The topological polar surface area (TPSA) is 71.0 Å². The summed E-state index contributed by atoms with van der Waals surface area (Å²) in [4.78, 5) is 14.6. The summed E-state index contributed by atoms with van der Waals surface area (Å²) in [6, 6.07) is 12.9. The van der Waals surface area contributed by atoms with Crippen molar-refractivity contribution in [1.82, 2.24) is 10.2 Å². The number of nitrogens with one attached hydrogen (secondary N) is 1. The van der Waals surface area contributed by atoms with E-state index in [1.165, 1.54) is 6.07 Å². The first-order valence-corrected chi connectivity index (χ1v) is 11.8. The normalized spacial score (nSPS) is 26.7. The Morgan fingerprint density at radius 1 is 1.18 bits per heavy atom. The highest BCUT2D eigenvalue weighted by Crippen LogP contribution is 2.29. The lowest BCUT2D eigenvalue weighted by atomic mass is 9.94. The number of benzene rings is 2. The number of nitrogens with zero attached hydrogens (tertiary/aromatic N) is 1. The second-order valence-electron chi connectivity index (χ2n) is 9.20. The van der Waals surface area contributed by atoms with Crippen LogP contribution in [0.3, 0.4) is 0 Å². The molecule has 0 unspecified atom stereocenters. The maximum Gasteiger partial charge on any atom is 0.223 e. The first-order valence-electron chi connectivity index (χ1n) is 11.8. The average molecular weight is 475 g/mol. The van der Waals surface area contributed by atoms with Crippen molar-refractivity contribution in [2.45, 2.75) is 63.1 Å². The molecule has 2 aliphatic heterocycles. The van der Waals surface area contributed by atoms with E-state index in [-0.39, 0.29) is 68.5 Å². The fourth-order valence-electron chi connectivity index (χ4n) is 4.84. The summed E-state index contributed by atoms with van der Waals surface area (Å²) in [6.45, 7) is 2.77. The molecule has 2 aromatic carbocycles. The number of halogens is 2. The van der Waals surface area contributed by atoms with Gasteiger partial charge in [-0.3, -0.25) is 9.69 Å². The number of amides is 1. The Morgan fingerprint density at radius 3 is 2.76 bits per heavy atom. The molecular formula is C26H32F2N2O4. The van der Waals surface area contributed by atoms with Gasteiger partial charge in [0.05, 0.1) is 44.0 Å². The van der Waals surface area contributed by atoms with Gasteiger partial charge in [-0.1, -0.05) is 30.3 Å². The number of β-amino-alcohol motifs (C(OH)–C–C–N with tert-alkyl or cyclic N) is 1. The minimum Gasteiger partial charge on any atom is -0.389 e. The van der Waals surface area contributed by atoms with Crippen molar-refractivity contribution in [2.75, 3.05) is 19.8 Å². The SMILES string of the molecule is C[C@@H](NC(=O)C[C@@H]1CC[C@H]2[C@@H](COC[C@H](O)CN2Cc2cc(F)ccc2F)O1)c1ccccc1. The number of carbonyl (C=O) groups is 1. The first-order chi connectivity index (χ1) is 16.4. The maximum absolute atomic E-state index is 14.3. The van der Waals surface area contributed by atoms with Gasteiger partial charge in [-0.2, -0.15) is 0 Å². The zero-order chi connectivity index (χ0) is 24.1. The van der Waals surface area contributed by atoms with Crippen LogP contribution in [0.15, 0.2) is 48.5 Å². The quantitative estimate of drug-likeness (QED) is 0.672. The number of rotatable bonds is 6. The van der Waals surface area contributed by atoms with Crippen molar-refractivity contribution < 1.29 is 28.2 Å². The zero-order valence-corrected chi connectivity index (χ0v) is 19.3. The lowest BCUT2D eigenvalue weighted by Crippen LogP contribution is -2.55. The number of fused-ring (bicyclic) bond motifs is 1. The van der Waals surface area contributed by atoms with E-state index in [1.54, 1.807) is 0 Å². The molecule has 2 N–H and O–H groups in total. The molecule has 34 heavy (non-hydrogen) atoms. The molecule has 4 rings (SSSR count). The summed E-state index contributed by atoms with van der Waals surface area (Å²) >= 11 is 0. The van der Waals surface area contributed by atoms with Gasteiger partial charge in [0.1, 0.15) is 11.6 Å². The van der Waals surface area contributed by atoms with Crippen LogP contribution >= 0.6 is 0 Å². The van der Waals surface area contributed by atoms with Gasteiger partial charge in [-0.25, -0.2) is 8.78 Å². The molecule has 5 atom stereocenters. The van der Waals surface area contributed by atoms with Gasteiger partial charge in [0.15, 0.2) is 0 Å².